The van der Waals surface area contributed by atoms with Crippen molar-refractivity contribution in [3.8, 4) is 0 Å². The SMILES string of the molecule is O=C(CNC1C(=O)NCC12CCOCC2)NCc1cccs1. The third-order valence-corrected chi connectivity index (χ3v) is 5.36. The molecule has 120 valence electrons. The Balaban J connectivity index is 1.50. The van der Waals surface area contributed by atoms with Crippen molar-refractivity contribution >= 4 is 23.2 Å². The number of amides is 2. The molecule has 1 atom stereocenters. The fraction of sp³-hybridized carbons (Fsp3) is 0.600. The number of hydrogen-bond donors (Lipinski definition) is 3. The predicted molar refractivity (Wildman–Crippen MR) is 83.5 cm³/mol. The van der Waals surface area contributed by atoms with Gasteiger partial charge >= 0.3 is 0 Å². The van der Waals surface area contributed by atoms with Crippen LogP contribution >= 0.6 is 11.3 Å². The number of nitrogens with one attached hydrogen (secondary N) is 3. The first kappa shape index (κ1) is 15.5. The molecule has 3 rings (SSSR count). The highest BCUT2D eigenvalue weighted by atomic mass is 32.1. The molecule has 1 aromatic rings. The van der Waals surface area contributed by atoms with Crippen LogP contribution in [0.5, 0.6) is 0 Å². The summed E-state index contributed by atoms with van der Waals surface area (Å²) in [6.45, 7) is 2.72. The van der Waals surface area contributed by atoms with Gasteiger partial charge in [-0.25, -0.2) is 0 Å². The Labute approximate surface area is 133 Å². The Kier molecular flexibility index (Phi) is 4.75. The highest BCUT2D eigenvalue weighted by Gasteiger charge is 2.48. The van der Waals surface area contributed by atoms with Crippen LogP contribution in [0, 0.1) is 5.41 Å². The molecule has 0 saturated carbocycles. The van der Waals surface area contributed by atoms with E-state index in [1.54, 1.807) is 11.3 Å². The number of carbonyl (C=O) groups is 2. The zero-order chi connectivity index (χ0) is 15.4. The molecule has 7 heteroatoms. The van der Waals surface area contributed by atoms with Crippen LogP contribution in [0.2, 0.25) is 0 Å². The molecule has 0 aliphatic carbocycles. The van der Waals surface area contributed by atoms with Crippen LogP contribution in [-0.2, 0) is 20.9 Å². The maximum absolute atomic E-state index is 12.1. The van der Waals surface area contributed by atoms with E-state index >= 15 is 0 Å². The molecule has 0 bridgehead atoms. The van der Waals surface area contributed by atoms with E-state index in [4.69, 9.17) is 4.74 Å². The Morgan fingerprint density at radius 1 is 1.45 bits per heavy atom. The number of hydrogen-bond acceptors (Lipinski definition) is 5. The van der Waals surface area contributed by atoms with Crippen LogP contribution in [0.1, 0.15) is 17.7 Å². The van der Waals surface area contributed by atoms with Crippen molar-refractivity contribution in [3.63, 3.8) is 0 Å². The van der Waals surface area contributed by atoms with Crippen molar-refractivity contribution in [1.82, 2.24) is 16.0 Å². The molecular weight excluding hydrogens is 302 g/mol. The van der Waals surface area contributed by atoms with Gasteiger partial charge in [-0.05, 0) is 24.3 Å². The van der Waals surface area contributed by atoms with Gasteiger partial charge in [-0.2, -0.15) is 0 Å². The van der Waals surface area contributed by atoms with Crippen LogP contribution < -0.4 is 16.0 Å². The fourth-order valence-corrected chi connectivity index (χ4v) is 3.80. The van der Waals surface area contributed by atoms with Crippen molar-refractivity contribution < 1.29 is 14.3 Å². The molecular formula is C15H21N3O3S. The monoisotopic (exact) mass is 323 g/mol. The van der Waals surface area contributed by atoms with Gasteiger partial charge in [-0.15, -0.1) is 11.3 Å². The second-order valence-electron chi connectivity index (χ2n) is 5.86. The largest absolute Gasteiger partial charge is 0.381 e. The molecule has 6 nitrogen and oxygen atoms in total. The van der Waals surface area contributed by atoms with Gasteiger partial charge in [0.15, 0.2) is 0 Å². The highest BCUT2D eigenvalue weighted by Crippen LogP contribution is 2.36. The minimum absolute atomic E-state index is 0.00652. The molecule has 1 spiro atoms. The Morgan fingerprint density at radius 3 is 3.00 bits per heavy atom. The van der Waals surface area contributed by atoms with Crippen molar-refractivity contribution in [2.75, 3.05) is 26.3 Å². The van der Waals surface area contributed by atoms with Gasteiger partial charge in [0.1, 0.15) is 0 Å². The highest BCUT2D eigenvalue weighted by molar-refractivity contribution is 7.09. The van der Waals surface area contributed by atoms with Crippen LogP contribution in [0.4, 0.5) is 0 Å². The topological polar surface area (TPSA) is 79.5 Å². The first-order chi connectivity index (χ1) is 10.7. The van der Waals surface area contributed by atoms with E-state index in [1.165, 1.54) is 0 Å². The summed E-state index contributed by atoms with van der Waals surface area (Å²) in [6, 6.07) is 3.64. The Morgan fingerprint density at radius 2 is 2.27 bits per heavy atom. The fourth-order valence-electron chi connectivity index (χ4n) is 3.15. The van der Waals surface area contributed by atoms with Crippen LogP contribution in [0.25, 0.3) is 0 Å². The standard InChI is InChI=1S/C15H21N3O3S/c19-12(16-8-11-2-1-7-22-11)9-17-13-14(20)18-10-15(13)3-5-21-6-4-15/h1-2,7,13,17H,3-6,8-10H2,(H,16,19)(H,18,20). The molecule has 1 unspecified atom stereocenters. The number of ether oxygens (including phenoxy) is 1. The molecule has 3 heterocycles. The van der Waals surface area contributed by atoms with Crippen molar-refractivity contribution in [1.29, 1.82) is 0 Å². The maximum Gasteiger partial charge on any atom is 0.237 e. The molecule has 0 radical (unpaired) electrons. The van der Waals surface area contributed by atoms with Gasteiger partial charge < -0.3 is 15.4 Å². The quantitative estimate of drug-likeness (QED) is 0.726. The molecule has 2 aliphatic heterocycles. The molecule has 2 saturated heterocycles. The van der Waals surface area contributed by atoms with Crippen LogP contribution in [0.15, 0.2) is 17.5 Å². The molecule has 22 heavy (non-hydrogen) atoms. The number of rotatable bonds is 5. The van der Waals surface area contributed by atoms with E-state index in [0.29, 0.717) is 26.3 Å². The molecule has 2 aliphatic rings. The minimum Gasteiger partial charge on any atom is -0.381 e. The van der Waals surface area contributed by atoms with E-state index in [2.05, 4.69) is 16.0 Å². The minimum atomic E-state index is -0.302. The summed E-state index contributed by atoms with van der Waals surface area (Å²) in [6.07, 6.45) is 1.69. The van der Waals surface area contributed by atoms with Crippen molar-refractivity contribution in [2.45, 2.75) is 25.4 Å². The van der Waals surface area contributed by atoms with Gasteiger partial charge in [-0.1, -0.05) is 6.07 Å². The summed E-state index contributed by atoms with van der Waals surface area (Å²) in [5, 5.41) is 10.9. The van der Waals surface area contributed by atoms with Gasteiger partial charge in [0.25, 0.3) is 0 Å². The van der Waals surface area contributed by atoms with E-state index in [-0.39, 0.29) is 29.8 Å². The zero-order valence-electron chi connectivity index (χ0n) is 12.4. The lowest BCUT2D eigenvalue weighted by Crippen LogP contribution is -2.51. The van der Waals surface area contributed by atoms with Crippen LogP contribution in [-0.4, -0.2) is 44.2 Å². The molecule has 0 aromatic carbocycles. The van der Waals surface area contributed by atoms with E-state index in [9.17, 15) is 9.59 Å². The second-order valence-corrected chi connectivity index (χ2v) is 6.89. The van der Waals surface area contributed by atoms with E-state index < -0.39 is 0 Å². The van der Waals surface area contributed by atoms with E-state index in [1.807, 2.05) is 17.5 Å². The van der Waals surface area contributed by atoms with Crippen molar-refractivity contribution in [2.24, 2.45) is 5.41 Å². The first-order valence-electron chi connectivity index (χ1n) is 7.58. The first-order valence-corrected chi connectivity index (χ1v) is 8.45. The maximum atomic E-state index is 12.1. The Hall–Kier alpha value is -1.44. The summed E-state index contributed by atoms with van der Waals surface area (Å²) in [7, 11) is 0. The lowest BCUT2D eigenvalue weighted by atomic mass is 9.76. The van der Waals surface area contributed by atoms with E-state index in [0.717, 1.165) is 17.7 Å². The second kappa shape index (κ2) is 6.76. The molecule has 2 amide bonds. The molecule has 2 fully saturated rings. The summed E-state index contributed by atoms with van der Waals surface area (Å²) in [5.74, 6) is -0.0942. The summed E-state index contributed by atoms with van der Waals surface area (Å²) >= 11 is 1.61. The lowest BCUT2D eigenvalue weighted by Gasteiger charge is -2.36. The third-order valence-electron chi connectivity index (χ3n) is 4.48. The van der Waals surface area contributed by atoms with Gasteiger partial charge in [0, 0.05) is 30.1 Å². The third kappa shape index (κ3) is 3.31. The lowest BCUT2D eigenvalue weighted by molar-refractivity contribution is -0.123. The van der Waals surface area contributed by atoms with Gasteiger partial charge in [-0.3, -0.25) is 14.9 Å². The Bertz CT molecular complexity index is 526. The number of thiophene rings is 1. The van der Waals surface area contributed by atoms with Gasteiger partial charge in [0.2, 0.25) is 11.8 Å². The smallest absolute Gasteiger partial charge is 0.237 e. The van der Waals surface area contributed by atoms with Crippen LogP contribution in [0.3, 0.4) is 0 Å². The zero-order valence-corrected chi connectivity index (χ0v) is 13.2. The normalized spacial score (nSPS) is 23.5. The number of carbonyl (C=O) groups excluding carboxylic acids is 2. The summed E-state index contributed by atoms with van der Waals surface area (Å²) in [4.78, 5) is 25.1. The predicted octanol–water partition coefficient (Wildman–Crippen LogP) is 0.249. The molecule has 3 N–H and O–H groups in total. The molecule has 1 aromatic heterocycles. The van der Waals surface area contributed by atoms with Crippen molar-refractivity contribution in [3.05, 3.63) is 22.4 Å². The average molecular weight is 323 g/mol. The average Bonchev–Trinajstić information content (AvgIpc) is 3.14. The van der Waals surface area contributed by atoms with Gasteiger partial charge in [0.05, 0.1) is 19.1 Å². The summed E-state index contributed by atoms with van der Waals surface area (Å²) in [5.41, 5.74) is -0.108. The summed E-state index contributed by atoms with van der Waals surface area (Å²) < 4.78 is 5.40.